The van der Waals surface area contributed by atoms with Crippen molar-refractivity contribution in [1.82, 2.24) is 49.0 Å². The van der Waals surface area contributed by atoms with Gasteiger partial charge < -0.3 is 49.0 Å². The third kappa shape index (κ3) is 31.6. The molecule has 1 aromatic rings. The van der Waals surface area contributed by atoms with Gasteiger partial charge in [-0.25, -0.2) is 0 Å². The van der Waals surface area contributed by atoms with Crippen molar-refractivity contribution >= 4 is 5.78 Å². The van der Waals surface area contributed by atoms with Crippen molar-refractivity contribution < 1.29 is 19.5 Å². The number of benzene rings is 1. The van der Waals surface area contributed by atoms with Crippen molar-refractivity contribution in [3.8, 4) is 11.5 Å². The van der Waals surface area contributed by atoms with Crippen molar-refractivity contribution in [2.24, 2.45) is 11.8 Å². The van der Waals surface area contributed by atoms with Gasteiger partial charge in [0.1, 0.15) is 6.54 Å². The van der Waals surface area contributed by atoms with Crippen LogP contribution in [0.3, 0.4) is 0 Å². The van der Waals surface area contributed by atoms with E-state index in [4.69, 9.17) is 0 Å². The predicted octanol–water partition coefficient (Wildman–Crippen LogP) is 2.68. The molecule has 63 heavy (non-hydrogen) atoms. The summed E-state index contributed by atoms with van der Waals surface area (Å²) in [6.45, 7) is 32.7. The van der Waals surface area contributed by atoms with Crippen LogP contribution in [0.25, 0.3) is 0 Å². The van der Waals surface area contributed by atoms with Crippen molar-refractivity contribution in [2.75, 3.05) is 228 Å². The van der Waals surface area contributed by atoms with E-state index in [-0.39, 0.29) is 23.7 Å². The quantitative estimate of drug-likeness (QED) is 0.0752. The number of phenols is 2. The predicted molar refractivity (Wildman–Crippen MR) is 269 cm³/mol. The Bertz CT molecular complexity index is 1300. The van der Waals surface area contributed by atoms with E-state index in [1.807, 2.05) is 0 Å². The molecule has 0 saturated carbocycles. The summed E-state index contributed by atoms with van der Waals surface area (Å²) in [7, 11) is 24.1. The number of hydrogen-bond donors (Lipinski definition) is 2. The molecule has 0 aliphatic heterocycles. The van der Waals surface area contributed by atoms with Crippen LogP contribution in [0, 0.1) is 11.8 Å². The highest BCUT2D eigenvalue weighted by atomic mass is 16.3. The van der Waals surface area contributed by atoms with Gasteiger partial charge in [0.25, 0.3) is 0 Å². The molecule has 0 amide bonds. The third-order valence-electron chi connectivity index (χ3n) is 12.1. The number of aromatic hydroxyl groups is 2. The van der Waals surface area contributed by atoms with Crippen molar-refractivity contribution in [2.45, 2.75) is 40.5 Å². The molecule has 0 aromatic heterocycles. The molecule has 370 valence electrons. The second-order valence-corrected chi connectivity index (χ2v) is 21.1. The summed E-state index contributed by atoms with van der Waals surface area (Å²) >= 11 is 0. The summed E-state index contributed by atoms with van der Waals surface area (Å²) in [5, 5.41) is 19.7. The van der Waals surface area contributed by atoms with Crippen molar-refractivity contribution in [3.05, 3.63) is 23.8 Å². The molecule has 0 aliphatic rings. The summed E-state index contributed by atoms with van der Waals surface area (Å²) < 4.78 is 0.601. The zero-order valence-electron chi connectivity index (χ0n) is 43.8. The second-order valence-electron chi connectivity index (χ2n) is 21.1. The molecule has 1 aromatic carbocycles. The summed E-state index contributed by atoms with van der Waals surface area (Å²) in [4.78, 5) is 38.2. The number of Topliss-reactive ketones (excluding diaryl/α,β-unsaturated/α-hetero) is 1. The lowest BCUT2D eigenvalue weighted by molar-refractivity contribution is -0.881. The lowest BCUT2D eigenvalue weighted by atomic mass is 10.1. The van der Waals surface area contributed by atoms with Gasteiger partial charge >= 0.3 is 0 Å². The number of likely N-dealkylation sites (N-methyl/N-ethyl adjacent to an activating group) is 7. The van der Waals surface area contributed by atoms with Gasteiger partial charge in [-0.05, 0) is 106 Å². The Labute approximate surface area is 388 Å². The highest BCUT2D eigenvalue weighted by molar-refractivity contribution is 5.82. The standard InChI is InChI=1S/C49H101N11O3/c1-44(2)18-19-56(28-21-51(7)8)30-24-54(12)26-32-57(31-25-53(11)23-20-50(5)6)34-35-58(33-27-55(13)42-45(3)4)36-37-59(29-22-52(9)10)38-39-60(14,15)43-47(61)40-46-16-17-48(62)49(63)41-46/h16-17,41,44-45H,18-40,42-43H2,1-15H3,(H-,62,63)/p+1. The Hall–Kier alpha value is -1.95. The van der Waals surface area contributed by atoms with Gasteiger partial charge in [0, 0.05) is 137 Å². The van der Waals surface area contributed by atoms with E-state index in [9.17, 15) is 15.0 Å². The Morgan fingerprint density at radius 2 is 0.873 bits per heavy atom. The molecular weight excluding hydrogens is 791 g/mol. The molecule has 0 saturated heterocycles. The van der Waals surface area contributed by atoms with Crippen LogP contribution < -0.4 is 0 Å². The maximum atomic E-state index is 13.2. The lowest BCUT2D eigenvalue weighted by Crippen LogP contribution is -2.50. The normalized spacial score (nSPS) is 13.0. The summed E-state index contributed by atoms with van der Waals surface area (Å²) in [5.41, 5.74) is 0.721. The van der Waals surface area contributed by atoms with Crippen LogP contribution in [0.15, 0.2) is 18.2 Å². The zero-order valence-corrected chi connectivity index (χ0v) is 43.8. The van der Waals surface area contributed by atoms with E-state index in [0.717, 1.165) is 149 Å². The van der Waals surface area contributed by atoms with Gasteiger partial charge in [-0.3, -0.25) is 19.5 Å². The molecular formula is C49H102N11O3+. The molecule has 2 N–H and O–H groups in total. The minimum absolute atomic E-state index is 0.130. The highest BCUT2D eigenvalue weighted by Gasteiger charge is 2.23. The van der Waals surface area contributed by atoms with E-state index >= 15 is 0 Å². The number of rotatable bonds is 39. The Morgan fingerprint density at radius 1 is 0.492 bits per heavy atom. The average molecular weight is 893 g/mol. The first-order chi connectivity index (χ1) is 29.5. The molecule has 14 heteroatoms. The second kappa shape index (κ2) is 32.7. The smallest absolute Gasteiger partial charge is 0.191 e. The minimum Gasteiger partial charge on any atom is -0.504 e. The number of carbonyl (C=O) groups is 1. The monoisotopic (exact) mass is 893 g/mol. The molecule has 0 radical (unpaired) electrons. The fourth-order valence-electron chi connectivity index (χ4n) is 7.52. The number of hydrogen-bond acceptors (Lipinski definition) is 13. The van der Waals surface area contributed by atoms with Crippen LogP contribution in [0.4, 0.5) is 0 Å². The van der Waals surface area contributed by atoms with Crippen molar-refractivity contribution in [3.63, 3.8) is 0 Å². The number of phenolic OH excluding ortho intramolecular Hbond substituents is 2. The molecule has 0 atom stereocenters. The number of ketones is 1. The van der Waals surface area contributed by atoms with Gasteiger partial charge in [-0.1, -0.05) is 33.8 Å². The van der Waals surface area contributed by atoms with Crippen molar-refractivity contribution in [1.29, 1.82) is 0 Å². The SMILES string of the molecule is CC(C)CCN(CCN(C)C)CCN(C)CCN(CCN(C)CCN(C)C)CCN(CCN(C)CC(C)C)CCN(CCN(C)C)CC[N+](C)(C)CC(=O)Cc1ccc(O)c(O)c1. The molecule has 0 bridgehead atoms. The topological polar surface area (TPSA) is 89.9 Å². The van der Waals surface area contributed by atoms with Gasteiger partial charge in [0.15, 0.2) is 17.3 Å². The van der Waals surface area contributed by atoms with Crippen LogP contribution >= 0.6 is 0 Å². The largest absolute Gasteiger partial charge is 0.504 e. The maximum absolute atomic E-state index is 13.2. The maximum Gasteiger partial charge on any atom is 0.191 e. The molecule has 0 aliphatic carbocycles. The minimum atomic E-state index is -0.184. The van der Waals surface area contributed by atoms with Gasteiger partial charge in [-0.2, -0.15) is 0 Å². The fourth-order valence-corrected chi connectivity index (χ4v) is 7.52. The Balaban J connectivity index is 3.09. The molecule has 0 fully saturated rings. The molecule has 0 spiro atoms. The van der Waals surface area contributed by atoms with Crippen LogP contribution in [0.1, 0.15) is 39.7 Å². The van der Waals surface area contributed by atoms with Crippen LogP contribution in [-0.4, -0.2) is 298 Å². The summed E-state index contributed by atoms with van der Waals surface area (Å²) in [5.74, 6) is 1.14. The number of quaternary nitrogens is 1. The van der Waals surface area contributed by atoms with Gasteiger partial charge in [0.2, 0.25) is 0 Å². The van der Waals surface area contributed by atoms with E-state index in [1.54, 1.807) is 6.07 Å². The zero-order chi connectivity index (χ0) is 47.5. The van der Waals surface area contributed by atoms with E-state index < -0.39 is 0 Å². The summed E-state index contributed by atoms with van der Waals surface area (Å²) in [6, 6.07) is 4.65. The molecule has 14 nitrogen and oxygen atoms in total. The average Bonchev–Trinajstić information content (AvgIpc) is 3.18. The lowest BCUT2D eigenvalue weighted by Gasteiger charge is -2.35. The Kier molecular flexibility index (Phi) is 30.6. The first kappa shape index (κ1) is 59.1. The van der Waals surface area contributed by atoms with Crippen LogP contribution in [0.2, 0.25) is 0 Å². The van der Waals surface area contributed by atoms with Gasteiger partial charge in [-0.15, -0.1) is 0 Å². The van der Waals surface area contributed by atoms with Crippen LogP contribution in [0.5, 0.6) is 11.5 Å². The first-order valence-corrected chi connectivity index (χ1v) is 24.3. The highest BCUT2D eigenvalue weighted by Crippen LogP contribution is 2.25. The van der Waals surface area contributed by atoms with Crippen LogP contribution in [-0.2, 0) is 11.2 Å². The number of nitrogens with zero attached hydrogens (tertiary/aromatic N) is 11. The summed E-state index contributed by atoms with van der Waals surface area (Å²) in [6.07, 6.45) is 1.49. The Morgan fingerprint density at radius 3 is 1.30 bits per heavy atom. The molecule has 0 unspecified atom stereocenters. The fraction of sp³-hybridized carbons (Fsp3) is 0.857. The molecule has 1 rings (SSSR count). The first-order valence-electron chi connectivity index (χ1n) is 24.3. The van der Waals surface area contributed by atoms with E-state index in [1.165, 1.54) is 25.1 Å². The third-order valence-corrected chi connectivity index (χ3v) is 12.1. The molecule has 0 heterocycles. The number of carbonyl (C=O) groups excluding carboxylic acids is 1. The van der Waals surface area contributed by atoms with E-state index in [0.29, 0.717) is 16.9 Å². The van der Waals surface area contributed by atoms with E-state index in [2.05, 4.69) is 154 Å². The van der Waals surface area contributed by atoms with Gasteiger partial charge in [0.05, 0.1) is 20.6 Å².